The van der Waals surface area contributed by atoms with Crippen molar-refractivity contribution in [3.63, 3.8) is 0 Å². The van der Waals surface area contributed by atoms with E-state index in [-0.39, 0.29) is 23.6 Å². The summed E-state index contributed by atoms with van der Waals surface area (Å²) in [6, 6.07) is 13.0. The third-order valence-corrected chi connectivity index (χ3v) is 3.33. The lowest BCUT2D eigenvalue weighted by molar-refractivity contribution is -0.385. The Morgan fingerprint density at radius 1 is 1.17 bits per heavy atom. The second-order valence-electron chi connectivity index (χ2n) is 4.97. The fourth-order valence-corrected chi connectivity index (χ4v) is 2.24. The molecular weight excluding hydrogens is 316 g/mol. The molecular formula is C16H14N2O6. The van der Waals surface area contributed by atoms with Crippen molar-refractivity contribution < 1.29 is 24.8 Å². The molecule has 0 aliphatic carbocycles. The van der Waals surface area contributed by atoms with Crippen LogP contribution in [-0.2, 0) is 22.4 Å². The quantitative estimate of drug-likeness (QED) is 0.505. The number of nitro groups is 1. The van der Waals surface area contributed by atoms with Gasteiger partial charge in [0.15, 0.2) is 0 Å². The van der Waals surface area contributed by atoms with E-state index in [4.69, 9.17) is 10.3 Å². The van der Waals surface area contributed by atoms with Crippen LogP contribution in [0.1, 0.15) is 11.1 Å². The van der Waals surface area contributed by atoms with Crippen molar-refractivity contribution in [1.29, 1.82) is 0 Å². The van der Waals surface area contributed by atoms with Crippen LogP contribution in [0, 0.1) is 10.1 Å². The number of hydrogen-bond acceptors (Lipinski definition) is 5. The predicted molar refractivity (Wildman–Crippen MR) is 83.9 cm³/mol. The van der Waals surface area contributed by atoms with Gasteiger partial charge in [0.1, 0.15) is 0 Å². The zero-order valence-corrected chi connectivity index (χ0v) is 12.5. The first-order valence-corrected chi connectivity index (χ1v) is 6.94. The maximum atomic E-state index is 10.9. The number of carboxylic acid groups (broad SMARTS) is 1. The highest BCUT2D eigenvalue weighted by molar-refractivity contribution is 5.99. The first-order chi connectivity index (χ1) is 11.4. The number of benzene rings is 2. The number of hydrogen-bond donors (Lipinski definition) is 2. The molecule has 0 aromatic heterocycles. The summed E-state index contributed by atoms with van der Waals surface area (Å²) in [7, 11) is 0. The number of amides is 1. The largest absolute Gasteiger partial charge is 0.481 e. The number of para-hydroxylation sites is 2. The molecule has 8 nitrogen and oxygen atoms in total. The summed E-state index contributed by atoms with van der Waals surface area (Å²) in [4.78, 5) is 31.1. The minimum Gasteiger partial charge on any atom is -0.481 e. The first kappa shape index (κ1) is 17.1. The van der Waals surface area contributed by atoms with Crippen molar-refractivity contribution in [3.8, 4) is 0 Å². The van der Waals surface area contributed by atoms with E-state index in [0.29, 0.717) is 17.2 Å². The number of aliphatic carboxylic acids is 1. The molecule has 24 heavy (non-hydrogen) atoms. The van der Waals surface area contributed by atoms with Crippen molar-refractivity contribution in [2.75, 3.05) is 5.06 Å². The van der Waals surface area contributed by atoms with Gasteiger partial charge < -0.3 is 5.11 Å². The molecule has 0 saturated carbocycles. The molecule has 0 radical (unpaired) electrons. The minimum absolute atomic E-state index is 0.148. The van der Waals surface area contributed by atoms with Gasteiger partial charge in [-0.3, -0.25) is 24.9 Å². The smallest absolute Gasteiger partial charge is 0.308 e. The Balaban J connectivity index is 0.000000175. The van der Waals surface area contributed by atoms with E-state index in [1.807, 2.05) is 12.1 Å². The van der Waals surface area contributed by atoms with Crippen molar-refractivity contribution in [2.45, 2.75) is 12.8 Å². The number of nitrogens with zero attached hydrogens (tertiary/aromatic N) is 2. The summed E-state index contributed by atoms with van der Waals surface area (Å²) in [5.74, 6) is -1.33. The Kier molecular flexibility index (Phi) is 5.23. The van der Waals surface area contributed by atoms with Gasteiger partial charge >= 0.3 is 5.97 Å². The number of carboxylic acids is 1. The Bertz CT molecular complexity index is 790. The van der Waals surface area contributed by atoms with Crippen molar-refractivity contribution >= 4 is 23.3 Å². The summed E-state index contributed by atoms with van der Waals surface area (Å²) in [6.07, 6.45) is -0.0101. The molecule has 0 spiro atoms. The van der Waals surface area contributed by atoms with Gasteiger partial charge in [0.05, 0.1) is 23.5 Å². The zero-order chi connectivity index (χ0) is 17.7. The number of carbonyl (C=O) groups is 2. The van der Waals surface area contributed by atoms with E-state index in [1.54, 1.807) is 18.2 Å². The summed E-state index contributed by atoms with van der Waals surface area (Å²) in [6.45, 7) is 0. The summed E-state index contributed by atoms with van der Waals surface area (Å²) in [5.41, 5.74) is 1.57. The van der Waals surface area contributed by atoms with Gasteiger partial charge in [0.2, 0.25) is 0 Å². The lowest BCUT2D eigenvalue weighted by Gasteiger charge is -2.05. The Labute approximate surface area is 136 Å². The molecule has 0 unspecified atom stereocenters. The topological polar surface area (TPSA) is 121 Å². The van der Waals surface area contributed by atoms with E-state index in [0.717, 1.165) is 5.56 Å². The monoisotopic (exact) mass is 330 g/mol. The van der Waals surface area contributed by atoms with Gasteiger partial charge in [-0.15, -0.1) is 0 Å². The van der Waals surface area contributed by atoms with Crippen LogP contribution in [0.15, 0.2) is 48.5 Å². The SMILES string of the molecule is O=C(O)Cc1ccccc1[N+](=O)[O-].O=C1Cc2ccccc2N1O. The third-order valence-electron chi connectivity index (χ3n) is 3.33. The van der Waals surface area contributed by atoms with Gasteiger partial charge in [0.25, 0.3) is 11.6 Å². The maximum Gasteiger partial charge on any atom is 0.308 e. The summed E-state index contributed by atoms with van der Waals surface area (Å²) < 4.78 is 0. The highest BCUT2D eigenvalue weighted by Gasteiger charge is 2.24. The van der Waals surface area contributed by atoms with Crippen LogP contribution >= 0.6 is 0 Å². The molecule has 0 bridgehead atoms. The van der Waals surface area contributed by atoms with E-state index < -0.39 is 10.9 Å². The van der Waals surface area contributed by atoms with Gasteiger partial charge in [-0.2, -0.15) is 5.06 Å². The molecule has 2 aromatic carbocycles. The van der Waals surface area contributed by atoms with E-state index in [1.165, 1.54) is 18.2 Å². The Morgan fingerprint density at radius 2 is 1.79 bits per heavy atom. The van der Waals surface area contributed by atoms with Crippen LogP contribution in [0.5, 0.6) is 0 Å². The minimum atomic E-state index is -1.07. The molecule has 2 aromatic rings. The number of hydroxylamine groups is 1. The van der Waals surface area contributed by atoms with Crippen molar-refractivity contribution in [1.82, 2.24) is 0 Å². The van der Waals surface area contributed by atoms with Crippen LogP contribution in [-0.4, -0.2) is 27.1 Å². The maximum absolute atomic E-state index is 10.9. The normalized spacial score (nSPS) is 12.2. The Morgan fingerprint density at radius 3 is 2.42 bits per heavy atom. The van der Waals surface area contributed by atoms with Gasteiger partial charge in [0, 0.05) is 11.6 Å². The molecule has 2 N–H and O–H groups in total. The highest BCUT2D eigenvalue weighted by atomic mass is 16.6. The molecule has 1 aliphatic heterocycles. The number of fused-ring (bicyclic) bond motifs is 1. The standard InChI is InChI=1S/C8H7NO4.C8H7NO2/c10-8(11)5-6-3-1-2-4-7(6)9(12)13;10-8-5-6-3-1-2-4-7(6)9(8)11/h1-4H,5H2,(H,10,11);1-4,11H,5H2. The first-order valence-electron chi connectivity index (χ1n) is 6.94. The average Bonchev–Trinajstić information content (AvgIpc) is 2.83. The van der Waals surface area contributed by atoms with E-state index in [9.17, 15) is 19.7 Å². The van der Waals surface area contributed by atoms with Gasteiger partial charge in [-0.1, -0.05) is 36.4 Å². The van der Waals surface area contributed by atoms with Crippen LogP contribution in [0.25, 0.3) is 0 Å². The number of carbonyl (C=O) groups excluding carboxylic acids is 1. The Hall–Kier alpha value is -3.26. The molecule has 0 atom stereocenters. The fraction of sp³-hybridized carbons (Fsp3) is 0.125. The third kappa shape index (κ3) is 3.93. The van der Waals surface area contributed by atoms with Gasteiger partial charge in [-0.25, -0.2) is 0 Å². The molecule has 0 saturated heterocycles. The molecule has 0 fully saturated rings. The second-order valence-corrected chi connectivity index (χ2v) is 4.97. The summed E-state index contributed by atoms with van der Waals surface area (Å²) in [5, 5.41) is 28.7. The molecule has 8 heteroatoms. The zero-order valence-electron chi connectivity index (χ0n) is 12.5. The molecule has 124 valence electrons. The van der Waals surface area contributed by atoms with Crippen molar-refractivity contribution in [2.24, 2.45) is 0 Å². The van der Waals surface area contributed by atoms with Crippen LogP contribution in [0.2, 0.25) is 0 Å². The molecule has 1 aliphatic rings. The molecule has 3 rings (SSSR count). The number of rotatable bonds is 3. The van der Waals surface area contributed by atoms with Crippen LogP contribution in [0.4, 0.5) is 11.4 Å². The van der Waals surface area contributed by atoms with E-state index >= 15 is 0 Å². The highest BCUT2D eigenvalue weighted by Crippen LogP contribution is 2.26. The van der Waals surface area contributed by atoms with Gasteiger partial charge in [-0.05, 0) is 11.6 Å². The number of anilines is 1. The van der Waals surface area contributed by atoms with Crippen LogP contribution in [0.3, 0.4) is 0 Å². The average molecular weight is 330 g/mol. The number of nitro benzene ring substituents is 1. The van der Waals surface area contributed by atoms with E-state index in [2.05, 4.69) is 0 Å². The second kappa shape index (κ2) is 7.34. The fourth-order valence-electron chi connectivity index (χ4n) is 2.24. The van der Waals surface area contributed by atoms with Crippen LogP contribution < -0.4 is 5.06 Å². The summed E-state index contributed by atoms with van der Waals surface area (Å²) >= 11 is 0. The lowest BCUT2D eigenvalue weighted by Crippen LogP contribution is -2.21. The predicted octanol–water partition coefficient (Wildman–Crippen LogP) is 2.19. The lowest BCUT2D eigenvalue weighted by atomic mass is 10.1. The molecule has 1 heterocycles. The van der Waals surface area contributed by atoms with Crippen molar-refractivity contribution in [3.05, 3.63) is 69.8 Å². The molecule has 1 amide bonds.